The summed E-state index contributed by atoms with van der Waals surface area (Å²) in [4.78, 5) is 13.6. The number of carbonyl (C=O) groups is 1. The predicted molar refractivity (Wildman–Crippen MR) is 105 cm³/mol. The Labute approximate surface area is 149 Å². The molecule has 0 aliphatic heterocycles. The molecule has 3 aromatic rings. The van der Waals surface area contributed by atoms with Gasteiger partial charge in [0.2, 0.25) is 0 Å². The standard InChI is InChI=1S/C24H22O/c1-16-14-15-19-9-4-6-12-21(19)23(17(16)2)24(25)22-13-7-10-18-8-3-5-11-20(18)22/h3-13,16H,14-15H2,1-2H3. The zero-order valence-corrected chi connectivity index (χ0v) is 14.8. The van der Waals surface area contributed by atoms with Crippen LogP contribution in [0.25, 0.3) is 16.3 Å². The van der Waals surface area contributed by atoms with Crippen LogP contribution in [-0.4, -0.2) is 5.78 Å². The number of Topliss-reactive ketones (excluding diaryl/α,β-unsaturated/α-hetero) is 1. The number of ketones is 1. The fourth-order valence-corrected chi connectivity index (χ4v) is 3.89. The Bertz CT molecular complexity index is 988. The van der Waals surface area contributed by atoms with Crippen molar-refractivity contribution < 1.29 is 4.79 Å². The Kier molecular flexibility index (Phi) is 4.01. The lowest BCUT2D eigenvalue weighted by molar-refractivity contribution is 0.105. The molecule has 0 saturated carbocycles. The molecule has 0 fully saturated rings. The fourth-order valence-electron chi connectivity index (χ4n) is 3.89. The van der Waals surface area contributed by atoms with Crippen LogP contribution < -0.4 is 0 Å². The molecule has 124 valence electrons. The van der Waals surface area contributed by atoms with Gasteiger partial charge in [0.05, 0.1) is 0 Å². The number of rotatable bonds is 2. The first-order valence-corrected chi connectivity index (χ1v) is 8.98. The van der Waals surface area contributed by atoms with Crippen LogP contribution in [0, 0.1) is 5.92 Å². The molecule has 0 saturated heterocycles. The lowest BCUT2D eigenvalue weighted by atomic mass is 9.87. The van der Waals surface area contributed by atoms with E-state index in [2.05, 4.69) is 44.2 Å². The molecular weight excluding hydrogens is 304 g/mol. The third kappa shape index (κ3) is 2.70. The first-order valence-electron chi connectivity index (χ1n) is 8.98. The summed E-state index contributed by atoms with van der Waals surface area (Å²) in [6.07, 6.45) is 2.12. The molecule has 0 N–H and O–H groups in total. The number of hydrogen-bond donors (Lipinski definition) is 0. The SMILES string of the molecule is CC1=C(C(=O)c2cccc3ccccc23)c2ccccc2CCC1C. The van der Waals surface area contributed by atoms with Gasteiger partial charge in [-0.15, -0.1) is 0 Å². The van der Waals surface area contributed by atoms with Crippen molar-refractivity contribution in [2.75, 3.05) is 0 Å². The summed E-state index contributed by atoms with van der Waals surface area (Å²) in [5.74, 6) is 0.567. The van der Waals surface area contributed by atoms with Crippen LogP contribution in [0.3, 0.4) is 0 Å². The molecule has 1 aliphatic carbocycles. The Morgan fingerprint density at radius 1 is 0.920 bits per heavy atom. The molecule has 1 aliphatic rings. The molecular formula is C24H22O. The monoisotopic (exact) mass is 326 g/mol. The first-order chi connectivity index (χ1) is 12.2. The van der Waals surface area contributed by atoms with Crippen molar-refractivity contribution in [3.8, 4) is 0 Å². The van der Waals surface area contributed by atoms with Crippen LogP contribution >= 0.6 is 0 Å². The van der Waals surface area contributed by atoms with Crippen LogP contribution in [0.2, 0.25) is 0 Å². The van der Waals surface area contributed by atoms with Crippen molar-refractivity contribution >= 4 is 22.1 Å². The average Bonchev–Trinajstić information content (AvgIpc) is 2.78. The minimum atomic E-state index is 0.149. The second kappa shape index (κ2) is 6.33. The van der Waals surface area contributed by atoms with E-state index in [1.54, 1.807) is 0 Å². The summed E-state index contributed by atoms with van der Waals surface area (Å²) in [5, 5.41) is 2.14. The van der Waals surface area contributed by atoms with Crippen molar-refractivity contribution in [3.05, 3.63) is 89.0 Å². The third-order valence-electron chi connectivity index (χ3n) is 5.53. The second-order valence-corrected chi connectivity index (χ2v) is 7.01. The molecule has 1 atom stereocenters. The van der Waals surface area contributed by atoms with Gasteiger partial charge in [-0.1, -0.05) is 79.2 Å². The molecule has 0 radical (unpaired) electrons. The fraction of sp³-hybridized carbons (Fsp3) is 0.208. The van der Waals surface area contributed by atoms with Gasteiger partial charge in [0, 0.05) is 11.1 Å². The Morgan fingerprint density at radius 3 is 2.52 bits per heavy atom. The maximum atomic E-state index is 13.6. The summed E-state index contributed by atoms with van der Waals surface area (Å²) in [7, 11) is 0. The van der Waals surface area contributed by atoms with Crippen LogP contribution in [0.1, 0.15) is 41.8 Å². The Hall–Kier alpha value is -2.67. The third-order valence-corrected chi connectivity index (χ3v) is 5.53. The summed E-state index contributed by atoms with van der Waals surface area (Å²) < 4.78 is 0. The molecule has 0 amide bonds. The topological polar surface area (TPSA) is 17.1 Å². The number of allylic oxidation sites excluding steroid dienone is 2. The zero-order chi connectivity index (χ0) is 17.4. The van der Waals surface area contributed by atoms with Crippen molar-refractivity contribution in [2.45, 2.75) is 26.7 Å². The molecule has 0 bridgehead atoms. The van der Waals surface area contributed by atoms with Gasteiger partial charge in [-0.25, -0.2) is 0 Å². The van der Waals surface area contributed by atoms with E-state index in [4.69, 9.17) is 0 Å². The number of fused-ring (bicyclic) bond motifs is 2. The summed E-state index contributed by atoms with van der Waals surface area (Å²) in [6, 6.07) is 22.5. The normalized spacial score (nSPS) is 17.3. The van der Waals surface area contributed by atoms with Gasteiger partial charge in [0.15, 0.2) is 5.78 Å². The summed E-state index contributed by atoms with van der Waals surface area (Å²) in [6.45, 7) is 4.36. The number of carbonyl (C=O) groups excluding carboxylic acids is 1. The number of aryl methyl sites for hydroxylation is 1. The average molecular weight is 326 g/mol. The molecule has 1 heteroatoms. The van der Waals surface area contributed by atoms with Gasteiger partial charge in [-0.05, 0) is 47.6 Å². The van der Waals surface area contributed by atoms with Gasteiger partial charge in [0.25, 0.3) is 0 Å². The van der Waals surface area contributed by atoms with E-state index in [0.717, 1.165) is 40.3 Å². The molecule has 1 nitrogen and oxygen atoms in total. The largest absolute Gasteiger partial charge is 0.289 e. The van der Waals surface area contributed by atoms with Gasteiger partial charge >= 0.3 is 0 Å². The van der Waals surface area contributed by atoms with E-state index < -0.39 is 0 Å². The van der Waals surface area contributed by atoms with Gasteiger partial charge in [-0.3, -0.25) is 4.79 Å². The van der Waals surface area contributed by atoms with Crippen LogP contribution in [0.15, 0.2) is 72.3 Å². The van der Waals surface area contributed by atoms with E-state index >= 15 is 0 Å². The van der Waals surface area contributed by atoms with Gasteiger partial charge in [-0.2, -0.15) is 0 Å². The van der Waals surface area contributed by atoms with E-state index in [-0.39, 0.29) is 5.78 Å². The highest BCUT2D eigenvalue weighted by molar-refractivity contribution is 6.33. The zero-order valence-electron chi connectivity index (χ0n) is 14.8. The quantitative estimate of drug-likeness (QED) is 0.522. The Balaban J connectivity index is 1.95. The molecule has 0 heterocycles. The van der Waals surface area contributed by atoms with E-state index in [0.29, 0.717) is 5.92 Å². The lowest BCUT2D eigenvalue weighted by Crippen LogP contribution is -2.08. The van der Waals surface area contributed by atoms with Crippen LogP contribution in [0.4, 0.5) is 0 Å². The molecule has 0 aromatic heterocycles. The van der Waals surface area contributed by atoms with Crippen LogP contribution in [-0.2, 0) is 6.42 Å². The van der Waals surface area contributed by atoms with Crippen molar-refractivity contribution in [1.82, 2.24) is 0 Å². The molecule has 1 unspecified atom stereocenters. The summed E-state index contributed by atoms with van der Waals surface area (Å²) in [5.41, 5.74) is 5.31. The molecule has 3 aromatic carbocycles. The van der Waals surface area contributed by atoms with Crippen molar-refractivity contribution in [1.29, 1.82) is 0 Å². The smallest absolute Gasteiger partial charge is 0.194 e. The first kappa shape index (κ1) is 15.8. The molecule has 25 heavy (non-hydrogen) atoms. The maximum absolute atomic E-state index is 13.6. The second-order valence-electron chi connectivity index (χ2n) is 7.01. The number of hydrogen-bond acceptors (Lipinski definition) is 1. The van der Waals surface area contributed by atoms with Crippen LogP contribution in [0.5, 0.6) is 0 Å². The summed E-state index contributed by atoms with van der Waals surface area (Å²) >= 11 is 0. The highest BCUT2D eigenvalue weighted by Gasteiger charge is 2.25. The van der Waals surface area contributed by atoms with Gasteiger partial charge in [0.1, 0.15) is 0 Å². The predicted octanol–water partition coefficient (Wildman–Crippen LogP) is 6.08. The lowest BCUT2D eigenvalue weighted by Gasteiger charge is -2.16. The minimum absolute atomic E-state index is 0.149. The van der Waals surface area contributed by atoms with Crippen molar-refractivity contribution in [3.63, 3.8) is 0 Å². The minimum Gasteiger partial charge on any atom is -0.289 e. The van der Waals surface area contributed by atoms with E-state index in [1.165, 1.54) is 11.1 Å². The van der Waals surface area contributed by atoms with E-state index in [1.807, 2.05) is 36.4 Å². The Morgan fingerprint density at radius 2 is 1.64 bits per heavy atom. The maximum Gasteiger partial charge on any atom is 0.194 e. The van der Waals surface area contributed by atoms with Gasteiger partial charge < -0.3 is 0 Å². The molecule has 0 spiro atoms. The number of benzene rings is 3. The highest BCUT2D eigenvalue weighted by atomic mass is 16.1. The molecule has 4 rings (SSSR count). The highest BCUT2D eigenvalue weighted by Crippen LogP contribution is 2.36. The van der Waals surface area contributed by atoms with Crippen molar-refractivity contribution in [2.24, 2.45) is 5.92 Å². The van der Waals surface area contributed by atoms with E-state index in [9.17, 15) is 4.79 Å².